The number of benzene rings is 2. The van der Waals surface area contributed by atoms with Gasteiger partial charge in [-0.05, 0) is 55.7 Å². The number of oxazole rings is 1. The third-order valence-corrected chi connectivity index (χ3v) is 4.91. The predicted molar refractivity (Wildman–Crippen MR) is 108 cm³/mol. The van der Waals surface area contributed by atoms with Gasteiger partial charge in [-0.25, -0.2) is 4.98 Å². The van der Waals surface area contributed by atoms with Crippen molar-refractivity contribution in [3.05, 3.63) is 76.3 Å². The van der Waals surface area contributed by atoms with Crippen molar-refractivity contribution in [2.45, 2.75) is 39.7 Å². The lowest BCUT2D eigenvalue weighted by molar-refractivity contribution is -0.121. The number of aryl methyl sites for hydroxylation is 3. The first-order chi connectivity index (χ1) is 12.9. The van der Waals surface area contributed by atoms with E-state index in [1.165, 1.54) is 11.1 Å². The lowest BCUT2D eigenvalue weighted by Crippen LogP contribution is -2.26. The molecule has 0 saturated heterocycles. The quantitative estimate of drug-likeness (QED) is 0.619. The van der Waals surface area contributed by atoms with Gasteiger partial charge in [0.05, 0.1) is 12.2 Å². The molecule has 0 aliphatic rings. The highest BCUT2D eigenvalue weighted by Gasteiger charge is 2.12. The van der Waals surface area contributed by atoms with Crippen LogP contribution in [0.4, 0.5) is 0 Å². The number of amides is 1. The van der Waals surface area contributed by atoms with Crippen LogP contribution in [0.2, 0.25) is 5.02 Å². The Morgan fingerprint density at radius 2 is 1.89 bits per heavy atom. The average molecular weight is 383 g/mol. The van der Waals surface area contributed by atoms with E-state index >= 15 is 0 Å². The SMILES string of the molecule is Cc1ccc(-c2cnc(CCC(=O)N[C@@H](C)c3ccc(Cl)cc3)o2)cc1C. The van der Waals surface area contributed by atoms with Crippen molar-refractivity contribution in [2.75, 3.05) is 0 Å². The van der Waals surface area contributed by atoms with Crippen LogP contribution in [-0.4, -0.2) is 10.9 Å². The minimum absolute atomic E-state index is 0.0385. The molecule has 0 spiro atoms. The molecule has 0 fully saturated rings. The van der Waals surface area contributed by atoms with Gasteiger partial charge >= 0.3 is 0 Å². The fourth-order valence-corrected chi connectivity index (χ4v) is 2.95. The lowest BCUT2D eigenvalue weighted by atomic mass is 10.1. The molecule has 1 aromatic heterocycles. The Morgan fingerprint density at radius 3 is 2.59 bits per heavy atom. The highest BCUT2D eigenvalue weighted by atomic mass is 35.5. The summed E-state index contributed by atoms with van der Waals surface area (Å²) in [5.74, 6) is 1.25. The van der Waals surface area contributed by atoms with Crippen LogP contribution in [0.1, 0.15) is 42.0 Å². The molecule has 0 bridgehead atoms. The van der Waals surface area contributed by atoms with Crippen molar-refractivity contribution in [1.29, 1.82) is 0 Å². The predicted octanol–water partition coefficient (Wildman–Crippen LogP) is 5.42. The first kappa shape index (κ1) is 19.2. The van der Waals surface area contributed by atoms with Gasteiger partial charge in [0, 0.05) is 23.4 Å². The van der Waals surface area contributed by atoms with E-state index in [2.05, 4.69) is 36.3 Å². The van der Waals surface area contributed by atoms with Crippen LogP contribution in [0.25, 0.3) is 11.3 Å². The van der Waals surface area contributed by atoms with Crippen molar-refractivity contribution >= 4 is 17.5 Å². The number of nitrogens with zero attached hydrogens (tertiary/aromatic N) is 1. The third kappa shape index (κ3) is 4.98. The number of carbonyl (C=O) groups excluding carboxylic acids is 1. The maximum absolute atomic E-state index is 12.2. The van der Waals surface area contributed by atoms with Gasteiger partial charge in [0.15, 0.2) is 11.7 Å². The van der Waals surface area contributed by atoms with Gasteiger partial charge in [-0.1, -0.05) is 35.9 Å². The summed E-state index contributed by atoms with van der Waals surface area (Å²) in [6.45, 7) is 6.10. The fourth-order valence-electron chi connectivity index (χ4n) is 2.82. The molecule has 27 heavy (non-hydrogen) atoms. The van der Waals surface area contributed by atoms with E-state index in [0.717, 1.165) is 16.9 Å². The summed E-state index contributed by atoms with van der Waals surface area (Å²) in [5, 5.41) is 3.67. The number of hydrogen-bond acceptors (Lipinski definition) is 3. The second-order valence-electron chi connectivity index (χ2n) is 6.76. The molecule has 4 nitrogen and oxygen atoms in total. The second-order valence-corrected chi connectivity index (χ2v) is 7.19. The third-order valence-electron chi connectivity index (χ3n) is 4.66. The summed E-state index contributed by atoms with van der Waals surface area (Å²) in [4.78, 5) is 16.5. The van der Waals surface area contributed by atoms with Crippen molar-refractivity contribution in [3.8, 4) is 11.3 Å². The summed E-state index contributed by atoms with van der Waals surface area (Å²) in [6, 6.07) is 13.6. The number of aromatic nitrogens is 1. The molecule has 140 valence electrons. The molecule has 0 aliphatic heterocycles. The van der Waals surface area contributed by atoms with E-state index in [-0.39, 0.29) is 11.9 Å². The largest absolute Gasteiger partial charge is 0.441 e. The maximum Gasteiger partial charge on any atom is 0.220 e. The standard InChI is InChI=1S/C22H23ClN2O2/c1-14-4-5-18(12-15(14)2)20-13-24-22(27-20)11-10-21(26)25-16(3)17-6-8-19(23)9-7-17/h4-9,12-13,16H,10-11H2,1-3H3,(H,25,26)/t16-/m0/s1. The molecule has 0 radical (unpaired) electrons. The van der Waals surface area contributed by atoms with Gasteiger partial charge in [0.1, 0.15) is 0 Å². The smallest absolute Gasteiger partial charge is 0.220 e. The zero-order valence-electron chi connectivity index (χ0n) is 15.8. The zero-order chi connectivity index (χ0) is 19.4. The Morgan fingerprint density at radius 1 is 1.15 bits per heavy atom. The Kier molecular flexibility index (Phi) is 5.97. The normalized spacial score (nSPS) is 12.0. The fraction of sp³-hybridized carbons (Fsp3) is 0.273. The average Bonchev–Trinajstić information content (AvgIpc) is 3.12. The molecule has 1 N–H and O–H groups in total. The number of halogens is 1. The van der Waals surface area contributed by atoms with Gasteiger partial charge in [0.25, 0.3) is 0 Å². The zero-order valence-corrected chi connectivity index (χ0v) is 16.5. The van der Waals surface area contributed by atoms with Crippen LogP contribution in [-0.2, 0) is 11.2 Å². The number of rotatable bonds is 6. The summed E-state index contributed by atoms with van der Waals surface area (Å²) in [6.07, 6.45) is 2.50. The van der Waals surface area contributed by atoms with Crippen LogP contribution in [0.5, 0.6) is 0 Å². The second kappa shape index (κ2) is 8.40. The van der Waals surface area contributed by atoms with Crippen molar-refractivity contribution in [3.63, 3.8) is 0 Å². The summed E-state index contributed by atoms with van der Waals surface area (Å²) >= 11 is 5.90. The Hall–Kier alpha value is -2.59. The minimum Gasteiger partial charge on any atom is -0.441 e. The summed E-state index contributed by atoms with van der Waals surface area (Å²) in [7, 11) is 0. The first-order valence-corrected chi connectivity index (χ1v) is 9.37. The van der Waals surface area contributed by atoms with Gasteiger partial charge in [0.2, 0.25) is 5.91 Å². The van der Waals surface area contributed by atoms with E-state index in [1.54, 1.807) is 6.20 Å². The Bertz CT molecular complexity index is 932. The van der Waals surface area contributed by atoms with Gasteiger partial charge < -0.3 is 9.73 Å². The molecule has 5 heteroatoms. The number of nitrogens with one attached hydrogen (secondary N) is 1. The minimum atomic E-state index is -0.0783. The van der Waals surface area contributed by atoms with Crippen molar-refractivity contribution < 1.29 is 9.21 Å². The first-order valence-electron chi connectivity index (χ1n) is 8.99. The molecular weight excluding hydrogens is 360 g/mol. The van der Waals surface area contributed by atoms with E-state index < -0.39 is 0 Å². The van der Waals surface area contributed by atoms with E-state index in [4.69, 9.17) is 16.0 Å². The topological polar surface area (TPSA) is 55.1 Å². The van der Waals surface area contributed by atoms with Gasteiger partial charge in [-0.2, -0.15) is 0 Å². The molecular formula is C22H23ClN2O2. The van der Waals surface area contributed by atoms with E-state index in [0.29, 0.717) is 23.8 Å². The lowest BCUT2D eigenvalue weighted by Gasteiger charge is -2.14. The number of carbonyl (C=O) groups is 1. The monoisotopic (exact) mass is 382 g/mol. The maximum atomic E-state index is 12.2. The van der Waals surface area contributed by atoms with Crippen LogP contribution in [0.3, 0.4) is 0 Å². The van der Waals surface area contributed by atoms with Crippen LogP contribution < -0.4 is 5.32 Å². The highest BCUT2D eigenvalue weighted by Crippen LogP contribution is 2.23. The van der Waals surface area contributed by atoms with E-state index in [9.17, 15) is 4.79 Å². The molecule has 1 atom stereocenters. The summed E-state index contributed by atoms with van der Waals surface area (Å²) < 4.78 is 5.81. The molecule has 0 unspecified atom stereocenters. The molecule has 3 aromatic rings. The molecule has 1 heterocycles. The van der Waals surface area contributed by atoms with Crippen molar-refractivity contribution in [2.24, 2.45) is 0 Å². The molecule has 0 aliphatic carbocycles. The summed E-state index contributed by atoms with van der Waals surface area (Å²) in [5.41, 5.74) is 4.46. The Labute approximate surface area is 164 Å². The molecule has 1 amide bonds. The molecule has 2 aromatic carbocycles. The number of hydrogen-bond donors (Lipinski definition) is 1. The van der Waals surface area contributed by atoms with Crippen molar-refractivity contribution in [1.82, 2.24) is 10.3 Å². The highest BCUT2D eigenvalue weighted by molar-refractivity contribution is 6.30. The van der Waals surface area contributed by atoms with E-state index in [1.807, 2.05) is 37.3 Å². The van der Waals surface area contributed by atoms with Gasteiger partial charge in [-0.15, -0.1) is 0 Å². The molecule has 3 rings (SSSR count). The molecule has 0 saturated carbocycles. The van der Waals surface area contributed by atoms with Crippen LogP contribution in [0.15, 0.2) is 53.1 Å². The van der Waals surface area contributed by atoms with Crippen LogP contribution >= 0.6 is 11.6 Å². The Balaban J connectivity index is 1.55. The van der Waals surface area contributed by atoms with Gasteiger partial charge in [-0.3, -0.25) is 4.79 Å². The van der Waals surface area contributed by atoms with Crippen LogP contribution in [0, 0.1) is 13.8 Å².